The largest absolute Gasteiger partial charge is 0.476 e. The predicted molar refractivity (Wildman–Crippen MR) is 214 cm³/mol. The lowest BCUT2D eigenvalue weighted by Gasteiger charge is -2.70. The zero-order chi connectivity index (χ0) is 38.5. The first-order valence-corrected chi connectivity index (χ1v) is 20.2. The summed E-state index contributed by atoms with van der Waals surface area (Å²) in [5.41, 5.74) is 5.72. The molecule has 4 fully saturated rings. The Bertz CT molecular complexity index is 2320. The number of rotatable bonds is 8. The number of hydrogen-bond donors (Lipinski definition) is 2. The summed E-state index contributed by atoms with van der Waals surface area (Å²) in [6, 6.07) is 13.2. The fourth-order valence-corrected chi connectivity index (χ4v) is 12.7. The molecule has 1 amide bonds. The molecule has 12 heteroatoms. The summed E-state index contributed by atoms with van der Waals surface area (Å²) < 4.78 is 9.09. The van der Waals surface area contributed by atoms with Gasteiger partial charge in [0.25, 0.3) is 5.91 Å². The van der Waals surface area contributed by atoms with E-state index in [0.717, 1.165) is 71.4 Å². The van der Waals surface area contributed by atoms with Gasteiger partial charge in [-0.1, -0.05) is 37.3 Å². The maximum absolute atomic E-state index is 13.6. The quantitative estimate of drug-likeness (QED) is 0.159. The third kappa shape index (κ3) is 6.50. The van der Waals surface area contributed by atoms with Crippen LogP contribution in [0.25, 0.3) is 21.5 Å². The molecule has 0 spiro atoms. The standard InChI is InChI=1S/C43H49N7O4S/c1-26-30(17-45-50(26)25-42-20-40(5)19-41(6,21-42)23-43(22-40,24-42)54-39(2,3)4)28-12-13-33(47-34(28)37(52)53)49-16-14-27-9-7-10-29(31(27)18-49)35(51)48-38-46-32-11-8-15-44-36(32)55-38/h7-13,15,17H,14,16,18-25H2,1-6H3,(H,52,53)(H,46,48,51). The molecular weight excluding hydrogens is 711 g/mol. The number of carbonyl (C=O) groups is 2. The molecule has 4 aromatic heterocycles. The topological polar surface area (TPSA) is 135 Å². The van der Waals surface area contributed by atoms with Crippen LogP contribution in [-0.2, 0) is 24.2 Å². The highest BCUT2D eigenvalue weighted by Gasteiger charge is 2.66. The number of aromatic nitrogens is 5. The number of fused-ring (bicyclic) bond motifs is 2. The second kappa shape index (κ2) is 12.4. The van der Waals surface area contributed by atoms with E-state index in [1.807, 2.05) is 55.6 Å². The fourth-order valence-electron chi connectivity index (χ4n) is 11.9. The molecule has 286 valence electrons. The van der Waals surface area contributed by atoms with E-state index >= 15 is 0 Å². The van der Waals surface area contributed by atoms with Crippen LogP contribution in [0.3, 0.4) is 0 Å². The third-order valence-electron chi connectivity index (χ3n) is 12.4. The van der Waals surface area contributed by atoms with Gasteiger partial charge in [-0.25, -0.2) is 19.7 Å². The molecule has 1 aliphatic heterocycles. The van der Waals surface area contributed by atoms with Gasteiger partial charge in [0.05, 0.1) is 17.4 Å². The monoisotopic (exact) mass is 759 g/mol. The molecule has 1 aromatic carbocycles. The van der Waals surface area contributed by atoms with E-state index in [0.29, 0.717) is 41.6 Å². The maximum atomic E-state index is 13.6. The Hall–Kier alpha value is -4.68. The van der Waals surface area contributed by atoms with Gasteiger partial charge < -0.3 is 14.7 Å². The highest BCUT2D eigenvalue weighted by molar-refractivity contribution is 7.21. The average Bonchev–Trinajstić information content (AvgIpc) is 3.66. The molecule has 5 heterocycles. The lowest BCUT2D eigenvalue weighted by Crippen LogP contribution is -2.65. The number of thiazole rings is 1. The summed E-state index contributed by atoms with van der Waals surface area (Å²) in [7, 11) is 0. The number of nitrogens with one attached hydrogen (secondary N) is 1. The van der Waals surface area contributed by atoms with Gasteiger partial charge in [0.2, 0.25) is 0 Å². The summed E-state index contributed by atoms with van der Waals surface area (Å²) in [6.45, 7) is 15.4. The minimum atomic E-state index is -1.09. The van der Waals surface area contributed by atoms with Crippen LogP contribution in [0.2, 0.25) is 0 Å². The van der Waals surface area contributed by atoms with Crippen molar-refractivity contribution in [1.29, 1.82) is 0 Å². The SMILES string of the molecule is Cc1c(-c2ccc(N3CCc4cccc(C(=O)Nc5nc6cccnc6s5)c4C3)nc2C(=O)O)cnn1CC12CC3(C)CC(C)(C1)CC(OC(C)(C)C)(C3)C2. The van der Waals surface area contributed by atoms with E-state index in [9.17, 15) is 14.7 Å². The molecule has 2 atom stereocenters. The van der Waals surface area contributed by atoms with Crippen molar-refractivity contribution in [3.05, 3.63) is 82.9 Å². The van der Waals surface area contributed by atoms with Gasteiger partial charge in [0, 0.05) is 48.2 Å². The smallest absolute Gasteiger partial charge is 0.355 e. The number of carboxylic acid groups (broad SMARTS) is 1. The normalized spacial score (nSPS) is 27.1. The second-order valence-electron chi connectivity index (χ2n) is 18.7. The van der Waals surface area contributed by atoms with Gasteiger partial charge in [-0.3, -0.25) is 14.8 Å². The van der Waals surface area contributed by atoms with Gasteiger partial charge >= 0.3 is 5.97 Å². The summed E-state index contributed by atoms with van der Waals surface area (Å²) >= 11 is 1.33. The van der Waals surface area contributed by atoms with Crippen molar-refractivity contribution in [1.82, 2.24) is 24.7 Å². The summed E-state index contributed by atoms with van der Waals surface area (Å²) in [5, 5.41) is 18.9. The Labute approximate surface area is 325 Å². The summed E-state index contributed by atoms with van der Waals surface area (Å²) in [5.74, 6) is -0.771. The van der Waals surface area contributed by atoms with Crippen LogP contribution in [0.1, 0.15) is 111 Å². The van der Waals surface area contributed by atoms with Crippen LogP contribution in [0.5, 0.6) is 0 Å². The first-order valence-electron chi connectivity index (χ1n) is 19.4. The highest BCUT2D eigenvalue weighted by atomic mass is 32.1. The van der Waals surface area contributed by atoms with Crippen molar-refractivity contribution < 1.29 is 19.4 Å². The molecule has 11 nitrogen and oxygen atoms in total. The fraction of sp³-hybridized carbons (Fsp3) is 0.488. The molecule has 10 rings (SSSR count). The molecule has 4 bridgehead atoms. The zero-order valence-corrected chi connectivity index (χ0v) is 33.3. The third-order valence-corrected chi connectivity index (χ3v) is 13.3. The lowest BCUT2D eigenvalue weighted by atomic mass is 9.39. The average molecular weight is 760 g/mol. The van der Waals surface area contributed by atoms with Crippen molar-refractivity contribution in [3.8, 4) is 11.1 Å². The maximum Gasteiger partial charge on any atom is 0.355 e. The number of ether oxygens (including phenoxy) is 1. The van der Waals surface area contributed by atoms with Crippen molar-refractivity contribution in [2.45, 2.75) is 111 Å². The minimum Gasteiger partial charge on any atom is -0.476 e. The number of anilines is 2. The van der Waals surface area contributed by atoms with Crippen LogP contribution >= 0.6 is 11.3 Å². The van der Waals surface area contributed by atoms with Crippen molar-refractivity contribution in [2.75, 3.05) is 16.8 Å². The van der Waals surface area contributed by atoms with Gasteiger partial charge in [-0.05, 0) is 130 Å². The Morgan fingerprint density at radius 1 is 0.964 bits per heavy atom. The van der Waals surface area contributed by atoms with E-state index in [2.05, 4.69) is 59.5 Å². The number of hydrogen-bond acceptors (Lipinski definition) is 9. The molecule has 55 heavy (non-hydrogen) atoms. The molecule has 2 N–H and O–H groups in total. The summed E-state index contributed by atoms with van der Waals surface area (Å²) in [4.78, 5) is 42.9. The number of nitrogens with zero attached hydrogens (tertiary/aromatic N) is 6. The molecule has 4 aliphatic carbocycles. The predicted octanol–water partition coefficient (Wildman–Crippen LogP) is 8.71. The second-order valence-corrected chi connectivity index (χ2v) is 19.6. The molecule has 5 aromatic rings. The van der Waals surface area contributed by atoms with Crippen LogP contribution in [-0.4, -0.2) is 59.5 Å². The Morgan fingerprint density at radius 3 is 2.47 bits per heavy atom. The molecule has 0 radical (unpaired) electrons. The zero-order valence-electron chi connectivity index (χ0n) is 32.5. The lowest BCUT2D eigenvalue weighted by molar-refractivity contribution is -0.275. The molecular formula is C43H49N7O4S. The van der Waals surface area contributed by atoms with E-state index in [1.54, 1.807) is 6.20 Å². The number of carbonyl (C=O) groups excluding carboxylic acids is 1. The summed E-state index contributed by atoms with van der Waals surface area (Å²) in [6.07, 6.45) is 11.0. The first-order chi connectivity index (χ1) is 26.0. The molecule has 0 saturated heterocycles. The van der Waals surface area contributed by atoms with Crippen LogP contribution in [0, 0.1) is 23.2 Å². The van der Waals surface area contributed by atoms with Gasteiger partial charge in [0.1, 0.15) is 16.2 Å². The number of amides is 1. The van der Waals surface area contributed by atoms with Crippen molar-refractivity contribution >= 4 is 44.5 Å². The number of pyridine rings is 2. The van der Waals surface area contributed by atoms with Crippen molar-refractivity contribution in [2.24, 2.45) is 16.2 Å². The van der Waals surface area contributed by atoms with Crippen LogP contribution in [0.15, 0.2) is 54.9 Å². The Kier molecular flexibility index (Phi) is 8.12. The highest BCUT2D eigenvalue weighted by Crippen LogP contribution is 2.72. The number of carboxylic acids is 1. The van der Waals surface area contributed by atoms with Crippen LogP contribution in [0.4, 0.5) is 10.9 Å². The van der Waals surface area contributed by atoms with Gasteiger partial charge in [-0.2, -0.15) is 5.10 Å². The molecule has 2 unspecified atom stereocenters. The van der Waals surface area contributed by atoms with E-state index in [1.165, 1.54) is 17.8 Å². The molecule has 4 saturated carbocycles. The van der Waals surface area contributed by atoms with Crippen LogP contribution < -0.4 is 10.2 Å². The van der Waals surface area contributed by atoms with E-state index in [-0.39, 0.29) is 39.0 Å². The minimum absolute atomic E-state index is 0.00576. The molecule has 5 aliphatic rings. The van der Waals surface area contributed by atoms with E-state index < -0.39 is 5.97 Å². The Balaban J connectivity index is 0.974. The first kappa shape index (κ1) is 36.0. The van der Waals surface area contributed by atoms with Gasteiger partial charge in [0.15, 0.2) is 10.8 Å². The van der Waals surface area contributed by atoms with E-state index in [4.69, 9.17) is 14.8 Å². The number of aromatic carboxylic acids is 1. The number of benzene rings is 1. The Morgan fingerprint density at radius 2 is 1.75 bits per heavy atom. The van der Waals surface area contributed by atoms with Gasteiger partial charge in [-0.15, -0.1) is 0 Å². The van der Waals surface area contributed by atoms with Crippen molar-refractivity contribution in [3.63, 3.8) is 0 Å².